The molecular formula is C37H39ClN8O3S. The molecule has 3 N–H and O–H groups in total. The van der Waals surface area contributed by atoms with E-state index in [1.54, 1.807) is 28.6 Å². The fourth-order valence-corrected chi connectivity index (χ4v) is 6.22. The molecule has 0 aliphatic carbocycles. The van der Waals surface area contributed by atoms with Crippen LogP contribution in [-0.2, 0) is 12.0 Å². The Balaban J connectivity index is 1.16. The fourth-order valence-electron chi connectivity index (χ4n) is 5.08. The lowest BCUT2D eigenvalue weighted by Gasteiger charge is -2.14. The van der Waals surface area contributed by atoms with E-state index >= 15 is 0 Å². The quantitative estimate of drug-likeness (QED) is 0.125. The number of phenols is 1. The van der Waals surface area contributed by atoms with Gasteiger partial charge in [0.25, 0.3) is 0 Å². The van der Waals surface area contributed by atoms with Crippen molar-refractivity contribution in [3.63, 3.8) is 0 Å². The molecule has 6 rings (SSSR count). The summed E-state index contributed by atoms with van der Waals surface area (Å²) in [5.74, 6) is 1.87. The molecule has 3 heterocycles. The molecule has 13 heteroatoms. The van der Waals surface area contributed by atoms with Crippen LogP contribution in [0.15, 0.2) is 101 Å². The molecule has 11 nitrogen and oxygen atoms in total. The van der Waals surface area contributed by atoms with Crippen LogP contribution >= 0.6 is 23.4 Å². The number of pyridine rings is 1. The number of urea groups is 1. The zero-order valence-corrected chi connectivity index (χ0v) is 30.1. The smallest absolute Gasteiger partial charge is 0.320 e. The summed E-state index contributed by atoms with van der Waals surface area (Å²) in [6, 6.07) is 25.8. The van der Waals surface area contributed by atoms with Crippen molar-refractivity contribution in [2.75, 3.05) is 32.6 Å². The molecule has 3 aromatic heterocycles. The van der Waals surface area contributed by atoms with Crippen molar-refractivity contribution in [1.29, 1.82) is 0 Å². The number of carbonyl (C=O) groups is 1. The first-order chi connectivity index (χ1) is 23.9. The maximum atomic E-state index is 13.3. The van der Waals surface area contributed by atoms with E-state index in [0.717, 1.165) is 39.0 Å². The third-order valence-corrected chi connectivity index (χ3v) is 9.15. The fraction of sp³-hybridized carbons (Fsp3) is 0.243. The molecule has 6 aromatic rings. The number of hydrogen-bond acceptors (Lipinski definition) is 8. The Bertz CT molecular complexity index is 2120. The van der Waals surface area contributed by atoms with E-state index in [2.05, 4.69) is 46.5 Å². The minimum Gasteiger partial charge on any atom is -0.507 e. The molecule has 0 saturated heterocycles. The van der Waals surface area contributed by atoms with Crippen molar-refractivity contribution in [1.82, 2.24) is 34.6 Å². The normalized spacial score (nSPS) is 11.7. The van der Waals surface area contributed by atoms with Crippen molar-refractivity contribution in [3.05, 3.63) is 107 Å². The number of rotatable bonds is 11. The summed E-state index contributed by atoms with van der Waals surface area (Å²) in [5, 5.41) is 30.4. The summed E-state index contributed by atoms with van der Waals surface area (Å²) in [5.41, 5.74) is 3.48. The molecule has 2 amide bonds. The SMILES string of the molecule is CN(C)CCOc1ccc(-n2nc(C(C)(C)C)cc2NC(=O)NCc2ccccc2Sc2ccc3nnc(-c4cc(Cl)ccc4O)n3c2)cc1. The molecule has 0 radical (unpaired) electrons. The van der Waals surface area contributed by atoms with E-state index in [-0.39, 0.29) is 17.2 Å². The molecule has 0 aliphatic heterocycles. The molecule has 258 valence electrons. The molecule has 0 bridgehead atoms. The lowest BCUT2D eigenvalue weighted by atomic mass is 9.92. The maximum Gasteiger partial charge on any atom is 0.320 e. The second-order valence-corrected chi connectivity index (χ2v) is 14.6. The van der Waals surface area contributed by atoms with E-state index in [9.17, 15) is 9.90 Å². The zero-order valence-electron chi connectivity index (χ0n) is 28.5. The van der Waals surface area contributed by atoms with E-state index < -0.39 is 0 Å². The van der Waals surface area contributed by atoms with E-state index in [1.807, 2.05) is 91.4 Å². The Hall–Kier alpha value is -5.04. The van der Waals surface area contributed by atoms with E-state index in [4.69, 9.17) is 21.4 Å². The average molecular weight is 711 g/mol. The highest BCUT2D eigenvalue weighted by molar-refractivity contribution is 7.99. The first-order valence-electron chi connectivity index (χ1n) is 16.1. The van der Waals surface area contributed by atoms with Gasteiger partial charge >= 0.3 is 6.03 Å². The van der Waals surface area contributed by atoms with Crippen LogP contribution < -0.4 is 15.4 Å². The van der Waals surface area contributed by atoms with Gasteiger partial charge in [0.2, 0.25) is 0 Å². The van der Waals surface area contributed by atoms with Gasteiger partial charge in [0.15, 0.2) is 11.5 Å². The van der Waals surface area contributed by atoms with Gasteiger partial charge in [0.05, 0.1) is 16.9 Å². The van der Waals surface area contributed by atoms with Gasteiger partial charge in [0, 0.05) is 45.6 Å². The molecule has 0 saturated carbocycles. The predicted octanol–water partition coefficient (Wildman–Crippen LogP) is 7.65. The van der Waals surface area contributed by atoms with Crippen molar-refractivity contribution in [2.45, 2.75) is 42.5 Å². The van der Waals surface area contributed by atoms with Crippen LogP contribution in [0.5, 0.6) is 11.5 Å². The van der Waals surface area contributed by atoms with Crippen LogP contribution in [-0.4, -0.2) is 67.7 Å². The Labute approximate surface area is 300 Å². The number of ether oxygens (including phenoxy) is 1. The van der Waals surface area contributed by atoms with Gasteiger partial charge in [-0.1, -0.05) is 62.3 Å². The number of aromatic nitrogens is 5. The molecule has 0 atom stereocenters. The number of nitrogens with one attached hydrogen (secondary N) is 2. The average Bonchev–Trinajstić information content (AvgIpc) is 3.70. The van der Waals surface area contributed by atoms with Crippen LogP contribution in [0, 0.1) is 0 Å². The molecule has 0 fully saturated rings. The summed E-state index contributed by atoms with van der Waals surface area (Å²) >= 11 is 7.75. The molecule has 50 heavy (non-hydrogen) atoms. The minimum absolute atomic E-state index is 0.0628. The van der Waals surface area contributed by atoms with E-state index in [1.165, 1.54) is 6.07 Å². The first kappa shape index (κ1) is 34.8. The highest BCUT2D eigenvalue weighted by Crippen LogP contribution is 2.34. The van der Waals surface area contributed by atoms with Crippen LogP contribution in [0.25, 0.3) is 22.7 Å². The van der Waals surface area contributed by atoms with Crippen LogP contribution in [0.3, 0.4) is 0 Å². The van der Waals surface area contributed by atoms with Crippen LogP contribution in [0.4, 0.5) is 10.6 Å². The lowest BCUT2D eigenvalue weighted by molar-refractivity contribution is 0.251. The van der Waals surface area contributed by atoms with Gasteiger partial charge in [-0.2, -0.15) is 5.10 Å². The number of fused-ring (bicyclic) bond motifs is 1. The molecule has 0 aliphatic rings. The highest BCUT2D eigenvalue weighted by Gasteiger charge is 2.22. The summed E-state index contributed by atoms with van der Waals surface area (Å²) in [4.78, 5) is 17.3. The third-order valence-electron chi connectivity index (χ3n) is 7.82. The summed E-state index contributed by atoms with van der Waals surface area (Å²) in [6.45, 7) is 7.96. The van der Waals surface area contributed by atoms with Gasteiger partial charge in [-0.15, -0.1) is 10.2 Å². The van der Waals surface area contributed by atoms with Gasteiger partial charge in [-0.3, -0.25) is 9.72 Å². The number of nitrogens with zero attached hydrogens (tertiary/aromatic N) is 6. The van der Waals surface area contributed by atoms with Gasteiger partial charge < -0.3 is 20.1 Å². The number of anilines is 1. The summed E-state index contributed by atoms with van der Waals surface area (Å²) in [7, 11) is 4.02. The van der Waals surface area contributed by atoms with Gasteiger partial charge in [-0.05, 0) is 80.3 Å². The number of benzene rings is 3. The van der Waals surface area contributed by atoms with Crippen LogP contribution in [0.1, 0.15) is 32.0 Å². The van der Waals surface area contributed by atoms with E-state index in [0.29, 0.717) is 41.0 Å². The highest BCUT2D eigenvalue weighted by atomic mass is 35.5. The topological polar surface area (TPSA) is 122 Å². The standard InChI is InChI=1S/C37H39ClN8O3S/c1-37(2,3)32-21-34(46(43-32)26-11-13-27(14-12-26)49-19-18-44(4)5)40-36(48)39-22-24-8-6-7-9-31(24)50-28-15-17-33-41-42-35(45(33)23-28)29-20-25(38)10-16-30(29)47/h6-17,20-21,23,47H,18-19,22H2,1-5H3,(H2,39,40,48). The lowest BCUT2D eigenvalue weighted by Crippen LogP contribution is -2.29. The summed E-state index contributed by atoms with van der Waals surface area (Å²) in [6.07, 6.45) is 1.92. The van der Waals surface area contributed by atoms with Gasteiger partial charge in [0.1, 0.15) is 23.9 Å². The number of hydrogen-bond donors (Lipinski definition) is 3. The maximum absolute atomic E-state index is 13.3. The number of likely N-dealkylation sites (N-methyl/N-ethyl adjacent to an activating group) is 1. The second-order valence-electron chi connectivity index (χ2n) is 13.0. The number of halogens is 1. The van der Waals surface area contributed by atoms with Crippen molar-refractivity contribution < 1.29 is 14.6 Å². The largest absolute Gasteiger partial charge is 0.507 e. The molecular weight excluding hydrogens is 672 g/mol. The number of phenolic OH excluding ortho intramolecular Hbond substituents is 1. The molecule has 0 unspecified atom stereocenters. The second kappa shape index (κ2) is 14.8. The van der Waals surface area contributed by atoms with Crippen LogP contribution in [0.2, 0.25) is 5.02 Å². The Morgan fingerprint density at radius 1 is 1.00 bits per heavy atom. The number of carbonyl (C=O) groups excluding carboxylic acids is 1. The Morgan fingerprint density at radius 2 is 1.78 bits per heavy atom. The summed E-state index contributed by atoms with van der Waals surface area (Å²) < 4.78 is 9.42. The number of amides is 2. The molecule has 3 aromatic carbocycles. The minimum atomic E-state index is -0.355. The third kappa shape index (κ3) is 8.21. The Morgan fingerprint density at radius 3 is 2.54 bits per heavy atom. The molecule has 0 spiro atoms. The first-order valence-corrected chi connectivity index (χ1v) is 17.3. The van der Waals surface area contributed by atoms with Crippen molar-refractivity contribution >= 4 is 40.9 Å². The zero-order chi connectivity index (χ0) is 35.4. The van der Waals surface area contributed by atoms with Crippen molar-refractivity contribution in [3.8, 4) is 28.6 Å². The number of aromatic hydroxyl groups is 1. The Kier molecular flexibility index (Phi) is 10.3. The monoisotopic (exact) mass is 710 g/mol. The predicted molar refractivity (Wildman–Crippen MR) is 198 cm³/mol. The van der Waals surface area contributed by atoms with Gasteiger partial charge in [-0.25, -0.2) is 9.48 Å². The van der Waals surface area contributed by atoms with Crippen molar-refractivity contribution in [2.24, 2.45) is 0 Å².